The van der Waals surface area contributed by atoms with Crippen LogP contribution >= 0.6 is 0 Å². The van der Waals surface area contributed by atoms with Crippen LogP contribution in [0.2, 0.25) is 0 Å². The summed E-state index contributed by atoms with van der Waals surface area (Å²) in [6, 6.07) is 9.13. The fourth-order valence-corrected chi connectivity index (χ4v) is 1.91. The Morgan fingerprint density at radius 3 is 2.55 bits per heavy atom. The van der Waals surface area contributed by atoms with Crippen LogP contribution in [0, 0.1) is 18.6 Å². The second-order valence-corrected chi connectivity index (χ2v) is 4.50. The molecular formula is C15H14F2N2O. The Bertz CT molecular complexity index is 644. The first kappa shape index (κ1) is 14.0. The summed E-state index contributed by atoms with van der Waals surface area (Å²) in [5.74, 6) is -1.41. The number of hydrogen-bond donors (Lipinski definition) is 2. The van der Waals surface area contributed by atoms with Gasteiger partial charge in [-0.2, -0.15) is 0 Å². The molecule has 2 rings (SSSR count). The first-order chi connectivity index (χ1) is 9.47. The van der Waals surface area contributed by atoms with Gasteiger partial charge in [0.15, 0.2) is 0 Å². The molecule has 0 bridgehead atoms. The lowest BCUT2D eigenvalue weighted by Gasteiger charge is -2.18. The standard InChI is InChI=1S/C15H14F2N2O/c1-9-7-10(5-6-13(9)17)14(15(18)20)19-12-4-2-3-11(16)8-12/h2-8,14,19H,1H3,(H2,18,20). The van der Waals surface area contributed by atoms with Crippen molar-refractivity contribution in [3.05, 3.63) is 65.2 Å². The molecule has 2 aromatic carbocycles. The number of carbonyl (C=O) groups is 1. The summed E-state index contributed by atoms with van der Waals surface area (Å²) >= 11 is 0. The Morgan fingerprint density at radius 2 is 1.95 bits per heavy atom. The van der Waals surface area contributed by atoms with E-state index in [2.05, 4.69) is 5.32 Å². The molecule has 0 heterocycles. The van der Waals surface area contributed by atoms with Gasteiger partial charge in [-0.1, -0.05) is 18.2 Å². The van der Waals surface area contributed by atoms with Crippen molar-refractivity contribution in [3.8, 4) is 0 Å². The quantitative estimate of drug-likeness (QED) is 0.902. The first-order valence-corrected chi connectivity index (χ1v) is 6.05. The molecule has 1 atom stereocenters. The Balaban J connectivity index is 2.32. The molecule has 3 N–H and O–H groups in total. The Kier molecular flexibility index (Phi) is 3.98. The molecule has 104 valence electrons. The van der Waals surface area contributed by atoms with Crippen LogP contribution in [-0.2, 0) is 4.79 Å². The summed E-state index contributed by atoms with van der Waals surface area (Å²) in [6.45, 7) is 1.60. The topological polar surface area (TPSA) is 55.1 Å². The second-order valence-electron chi connectivity index (χ2n) is 4.50. The van der Waals surface area contributed by atoms with E-state index in [-0.39, 0.29) is 5.82 Å². The van der Waals surface area contributed by atoms with Gasteiger partial charge in [-0.25, -0.2) is 8.78 Å². The molecule has 0 aliphatic rings. The predicted octanol–water partition coefficient (Wildman–Crippen LogP) is 2.91. The van der Waals surface area contributed by atoms with Crippen molar-refractivity contribution in [1.82, 2.24) is 0 Å². The fourth-order valence-electron chi connectivity index (χ4n) is 1.91. The molecule has 0 saturated heterocycles. The molecule has 3 nitrogen and oxygen atoms in total. The van der Waals surface area contributed by atoms with Gasteiger partial charge in [-0.15, -0.1) is 0 Å². The summed E-state index contributed by atoms with van der Waals surface area (Å²) < 4.78 is 26.4. The van der Waals surface area contributed by atoms with E-state index in [9.17, 15) is 13.6 Å². The second kappa shape index (κ2) is 5.69. The molecular weight excluding hydrogens is 262 g/mol. The van der Waals surface area contributed by atoms with Gasteiger partial charge in [-0.05, 0) is 42.3 Å². The van der Waals surface area contributed by atoms with E-state index in [1.54, 1.807) is 13.0 Å². The number of halogens is 2. The van der Waals surface area contributed by atoms with Crippen LogP contribution in [0.3, 0.4) is 0 Å². The summed E-state index contributed by atoms with van der Waals surface area (Å²) in [6.07, 6.45) is 0. The zero-order valence-electron chi connectivity index (χ0n) is 10.9. The van der Waals surface area contributed by atoms with Crippen molar-refractivity contribution in [2.75, 3.05) is 5.32 Å². The molecule has 0 fully saturated rings. The molecule has 5 heteroatoms. The summed E-state index contributed by atoms with van der Waals surface area (Å²) in [4.78, 5) is 11.6. The lowest BCUT2D eigenvalue weighted by atomic mass is 10.0. The zero-order valence-corrected chi connectivity index (χ0v) is 10.9. The van der Waals surface area contributed by atoms with Crippen LogP contribution in [0.15, 0.2) is 42.5 Å². The van der Waals surface area contributed by atoms with Crippen molar-refractivity contribution in [2.24, 2.45) is 5.73 Å². The van der Waals surface area contributed by atoms with Gasteiger partial charge in [-0.3, -0.25) is 4.79 Å². The lowest BCUT2D eigenvalue weighted by molar-refractivity contribution is -0.118. The maximum atomic E-state index is 13.3. The summed E-state index contributed by atoms with van der Waals surface area (Å²) in [5, 5.41) is 2.85. The number of benzene rings is 2. The van der Waals surface area contributed by atoms with Crippen LogP contribution in [0.5, 0.6) is 0 Å². The Labute approximate surface area is 115 Å². The van der Waals surface area contributed by atoms with Crippen molar-refractivity contribution < 1.29 is 13.6 Å². The third-order valence-electron chi connectivity index (χ3n) is 2.94. The largest absolute Gasteiger partial charge is 0.370 e. The minimum absolute atomic E-state index is 0.359. The molecule has 0 radical (unpaired) electrons. The molecule has 1 amide bonds. The predicted molar refractivity (Wildman–Crippen MR) is 73.1 cm³/mol. The van der Waals surface area contributed by atoms with Crippen LogP contribution < -0.4 is 11.1 Å². The monoisotopic (exact) mass is 276 g/mol. The van der Waals surface area contributed by atoms with Gasteiger partial charge in [0.25, 0.3) is 0 Å². The van der Waals surface area contributed by atoms with E-state index in [0.717, 1.165) is 0 Å². The maximum absolute atomic E-state index is 13.3. The highest BCUT2D eigenvalue weighted by Crippen LogP contribution is 2.22. The highest BCUT2D eigenvalue weighted by Gasteiger charge is 2.18. The molecule has 0 aliphatic carbocycles. The van der Waals surface area contributed by atoms with Crippen molar-refractivity contribution in [3.63, 3.8) is 0 Å². The van der Waals surface area contributed by atoms with Gasteiger partial charge in [0.1, 0.15) is 17.7 Å². The number of nitrogens with one attached hydrogen (secondary N) is 1. The lowest BCUT2D eigenvalue weighted by Crippen LogP contribution is -2.27. The molecule has 0 aliphatic heterocycles. The third kappa shape index (κ3) is 3.12. The van der Waals surface area contributed by atoms with Crippen LogP contribution in [0.4, 0.5) is 14.5 Å². The average molecular weight is 276 g/mol. The van der Waals surface area contributed by atoms with Gasteiger partial charge < -0.3 is 11.1 Å². The molecule has 0 spiro atoms. The number of rotatable bonds is 4. The zero-order chi connectivity index (χ0) is 14.7. The van der Waals surface area contributed by atoms with Crippen molar-refractivity contribution in [1.29, 1.82) is 0 Å². The molecule has 1 unspecified atom stereocenters. The fraction of sp³-hybridized carbons (Fsp3) is 0.133. The van der Waals surface area contributed by atoms with Crippen LogP contribution in [0.25, 0.3) is 0 Å². The molecule has 0 aromatic heterocycles. The smallest absolute Gasteiger partial charge is 0.244 e. The number of nitrogens with two attached hydrogens (primary N) is 1. The minimum atomic E-state index is -0.851. The van der Waals surface area contributed by atoms with E-state index >= 15 is 0 Å². The van der Waals surface area contributed by atoms with Crippen molar-refractivity contribution >= 4 is 11.6 Å². The summed E-state index contributed by atoms with van der Waals surface area (Å²) in [5.41, 5.74) is 6.72. The first-order valence-electron chi connectivity index (χ1n) is 6.05. The SMILES string of the molecule is Cc1cc(C(Nc2cccc(F)c2)C(N)=O)ccc1F. The van der Waals surface area contributed by atoms with Gasteiger partial charge in [0, 0.05) is 5.69 Å². The van der Waals surface area contributed by atoms with Crippen LogP contribution in [-0.4, -0.2) is 5.91 Å². The van der Waals surface area contributed by atoms with E-state index < -0.39 is 17.8 Å². The Hall–Kier alpha value is -2.43. The molecule has 0 saturated carbocycles. The number of anilines is 1. The number of hydrogen-bond acceptors (Lipinski definition) is 2. The highest BCUT2D eigenvalue weighted by atomic mass is 19.1. The van der Waals surface area contributed by atoms with E-state index in [4.69, 9.17) is 5.73 Å². The van der Waals surface area contributed by atoms with E-state index in [1.165, 1.54) is 36.4 Å². The van der Waals surface area contributed by atoms with E-state index in [1.807, 2.05) is 0 Å². The normalized spacial score (nSPS) is 11.9. The maximum Gasteiger partial charge on any atom is 0.244 e. The Morgan fingerprint density at radius 1 is 1.20 bits per heavy atom. The number of carbonyl (C=O) groups excluding carboxylic acids is 1. The summed E-state index contributed by atoms with van der Waals surface area (Å²) in [7, 11) is 0. The highest BCUT2D eigenvalue weighted by molar-refractivity contribution is 5.84. The number of aryl methyl sites for hydroxylation is 1. The number of primary amides is 1. The molecule has 20 heavy (non-hydrogen) atoms. The number of amides is 1. The van der Waals surface area contributed by atoms with E-state index in [0.29, 0.717) is 16.8 Å². The molecule has 2 aromatic rings. The minimum Gasteiger partial charge on any atom is -0.370 e. The van der Waals surface area contributed by atoms with Crippen LogP contribution in [0.1, 0.15) is 17.2 Å². The average Bonchev–Trinajstić information content (AvgIpc) is 2.39. The third-order valence-corrected chi connectivity index (χ3v) is 2.94. The van der Waals surface area contributed by atoms with Gasteiger partial charge in [0.05, 0.1) is 0 Å². The van der Waals surface area contributed by atoms with Crippen molar-refractivity contribution in [2.45, 2.75) is 13.0 Å². The van der Waals surface area contributed by atoms with Gasteiger partial charge in [0.2, 0.25) is 5.91 Å². The van der Waals surface area contributed by atoms with Gasteiger partial charge >= 0.3 is 0 Å².